The molecule has 1 heterocycles. The van der Waals surface area contributed by atoms with Crippen LogP contribution in [-0.4, -0.2) is 6.54 Å². The molecule has 0 unspecified atom stereocenters. The lowest BCUT2D eigenvalue weighted by Crippen LogP contribution is -2.27. The lowest BCUT2D eigenvalue weighted by atomic mass is 9.91. The topological polar surface area (TPSA) is 38.0 Å². The van der Waals surface area contributed by atoms with E-state index in [-0.39, 0.29) is 16.8 Å². The number of nitrogens with two attached hydrogens (primary N) is 1. The molecular weight excluding hydrogens is 266 g/mol. The van der Waals surface area contributed by atoms with Gasteiger partial charge in [0.1, 0.15) is 0 Å². The summed E-state index contributed by atoms with van der Waals surface area (Å²) in [4.78, 5) is 1.18. The first-order chi connectivity index (χ1) is 8.92. The Morgan fingerprint density at radius 3 is 2.63 bits per heavy atom. The maximum atomic E-state index is 13.7. The number of hydrogen-bond acceptors (Lipinski definition) is 3. The highest BCUT2D eigenvalue weighted by Gasteiger charge is 2.23. The van der Waals surface area contributed by atoms with Crippen molar-refractivity contribution >= 4 is 22.7 Å². The second kappa shape index (κ2) is 5.17. The number of thiophene rings is 1. The number of anilines is 2. The largest absolute Gasteiger partial charge is 0.397 e. The summed E-state index contributed by atoms with van der Waals surface area (Å²) in [6.07, 6.45) is 0. The third-order valence-corrected chi connectivity index (χ3v) is 4.26. The molecule has 0 bridgehead atoms. The SMILES string of the molecule is CC(C)(CNc1c(N)ccc(F)c1F)c1cccs1. The number of benzene rings is 1. The summed E-state index contributed by atoms with van der Waals surface area (Å²) < 4.78 is 26.8. The van der Waals surface area contributed by atoms with Crippen molar-refractivity contribution in [1.82, 2.24) is 0 Å². The van der Waals surface area contributed by atoms with Gasteiger partial charge in [-0.15, -0.1) is 11.3 Å². The molecule has 0 radical (unpaired) electrons. The van der Waals surface area contributed by atoms with Gasteiger partial charge in [0.2, 0.25) is 0 Å². The van der Waals surface area contributed by atoms with E-state index in [4.69, 9.17) is 5.73 Å². The van der Waals surface area contributed by atoms with Crippen molar-refractivity contribution in [2.45, 2.75) is 19.3 Å². The minimum absolute atomic E-state index is 0.0321. The van der Waals surface area contributed by atoms with E-state index in [1.54, 1.807) is 11.3 Å². The average molecular weight is 282 g/mol. The van der Waals surface area contributed by atoms with Crippen LogP contribution < -0.4 is 11.1 Å². The Morgan fingerprint density at radius 2 is 2.00 bits per heavy atom. The van der Waals surface area contributed by atoms with Crippen molar-refractivity contribution in [2.75, 3.05) is 17.6 Å². The van der Waals surface area contributed by atoms with Gasteiger partial charge in [0.15, 0.2) is 11.6 Å². The Balaban J connectivity index is 2.18. The lowest BCUT2D eigenvalue weighted by molar-refractivity contribution is 0.508. The first kappa shape index (κ1) is 13.8. The Labute approximate surface area is 115 Å². The van der Waals surface area contributed by atoms with E-state index in [0.29, 0.717) is 6.54 Å². The van der Waals surface area contributed by atoms with Gasteiger partial charge < -0.3 is 11.1 Å². The molecule has 3 N–H and O–H groups in total. The van der Waals surface area contributed by atoms with Gasteiger partial charge in [-0.2, -0.15) is 0 Å². The molecule has 0 amide bonds. The smallest absolute Gasteiger partial charge is 0.183 e. The van der Waals surface area contributed by atoms with Crippen molar-refractivity contribution in [1.29, 1.82) is 0 Å². The van der Waals surface area contributed by atoms with Gasteiger partial charge in [-0.25, -0.2) is 8.78 Å². The summed E-state index contributed by atoms with van der Waals surface area (Å²) in [5, 5.41) is 4.91. The molecule has 0 fully saturated rings. The Bertz CT molecular complexity index is 565. The fraction of sp³-hybridized carbons (Fsp3) is 0.286. The predicted molar refractivity (Wildman–Crippen MR) is 76.6 cm³/mol. The third kappa shape index (κ3) is 2.87. The van der Waals surface area contributed by atoms with Gasteiger partial charge in [0, 0.05) is 16.8 Å². The van der Waals surface area contributed by atoms with Crippen LogP contribution in [-0.2, 0) is 5.41 Å². The molecule has 19 heavy (non-hydrogen) atoms. The molecule has 0 atom stereocenters. The van der Waals surface area contributed by atoms with Crippen LogP contribution in [0.15, 0.2) is 29.6 Å². The van der Waals surface area contributed by atoms with Crippen LogP contribution in [0.5, 0.6) is 0 Å². The van der Waals surface area contributed by atoms with Gasteiger partial charge >= 0.3 is 0 Å². The van der Waals surface area contributed by atoms with E-state index in [9.17, 15) is 8.78 Å². The van der Waals surface area contributed by atoms with Gasteiger partial charge in [-0.1, -0.05) is 19.9 Å². The van der Waals surface area contributed by atoms with E-state index in [1.165, 1.54) is 10.9 Å². The third-order valence-electron chi connectivity index (χ3n) is 3.02. The Kier molecular flexibility index (Phi) is 3.75. The van der Waals surface area contributed by atoms with Crippen LogP contribution in [0.25, 0.3) is 0 Å². The number of nitrogen functional groups attached to an aromatic ring is 1. The first-order valence-corrected chi connectivity index (χ1v) is 6.81. The molecule has 1 aromatic carbocycles. The van der Waals surface area contributed by atoms with Gasteiger partial charge in [0.05, 0.1) is 11.4 Å². The Hall–Kier alpha value is -1.62. The number of rotatable bonds is 4. The fourth-order valence-electron chi connectivity index (χ4n) is 1.81. The van der Waals surface area contributed by atoms with Crippen molar-refractivity contribution in [3.63, 3.8) is 0 Å². The predicted octanol–water partition coefficient (Wildman–Crippen LogP) is 4.00. The molecule has 1 aromatic heterocycles. The molecule has 5 heteroatoms. The summed E-state index contributed by atoms with van der Waals surface area (Å²) in [5.41, 5.74) is 5.73. The normalized spacial score (nSPS) is 11.6. The van der Waals surface area contributed by atoms with E-state index < -0.39 is 11.6 Å². The monoisotopic (exact) mass is 282 g/mol. The molecule has 2 rings (SSSR count). The maximum Gasteiger partial charge on any atom is 0.183 e. The zero-order valence-corrected chi connectivity index (χ0v) is 11.7. The van der Waals surface area contributed by atoms with Crippen LogP contribution in [0.4, 0.5) is 20.2 Å². The number of hydrogen-bond donors (Lipinski definition) is 2. The van der Waals surface area contributed by atoms with Gasteiger partial charge in [-0.3, -0.25) is 0 Å². The van der Waals surface area contributed by atoms with Gasteiger partial charge in [0.25, 0.3) is 0 Å². The standard InChI is InChI=1S/C14H16F2N2S/c1-14(2,11-4-3-7-19-11)8-18-13-10(17)6-5-9(15)12(13)16/h3-7,18H,8,17H2,1-2H3. The van der Waals surface area contributed by atoms with Crippen LogP contribution in [0.1, 0.15) is 18.7 Å². The summed E-state index contributed by atoms with van der Waals surface area (Å²) in [6, 6.07) is 6.38. The summed E-state index contributed by atoms with van der Waals surface area (Å²) >= 11 is 1.64. The molecule has 2 nitrogen and oxygen atoms in total. The molecule has 0 aliphatic rings. The minimum atomic E-state index is -0.929. The molecule has 102 valence electrons. The minimum Gasteiger partial charge on any atom is -0.397 e. The molecule has 0 aliphatic carbocycles. The van der Waals surface area contributed by atoms with Crippen molar-refractivity contribution in [2.24, 2.45) is 0 Å². The van der Waals surface area contributed by atoms with Crippen LogP contribution in [0.2, 0.25) is 0 Å². The zero-order valence-electron chi connectivity index (χ0n) is 10.8. The van der Waals surface area contributed by atoms with Gasteiger partial charge in [-0.05, 0) is 23.6 Å². The maximum absolute atomic E-state index is 13.7. The molecular formula is C14H16F2N2S. The number of halogens is 2. The Morgan fingerprint density at radius 1 is 1.26 bits per heavy atom. The second-order valence-electron chi connectivity index (χ2n) is 5.04. The summed E-state index contributed by atoms with van der Waals surface area (Å²) in [6.45, 7) is 4.55. The van der Waals surface area contributed by atoms with E-state index in [0.717, 1.165) is 6.07 Å². The second-order valence-corrected chi connectivity index (χ2v) is 5.99. The summed E-state index contributed by atoms with van der Waals surface area (Å²) in [7, 11) is 0. The van der Waals surface area contributed by atoms with Crippen LogP contribution in [0.3, 0.4) is 0 Å². The lowest BCUT2D eigenvalue weighted by Gasteiger charge is -2.25. The highest BCUT2D eigenvalue weighted by Crippen LogP contribution is 2.30. The number of nitrogens with one attached hydrogen (secondary N) is 1. The summed E-state index contributed by atoms with van der Waals surface area (Å²) in [5.74, 6) is -1.83. The molecule has 0 spiro atoms. The highest BCUT2D eigenvalue weighted by molar-refractivity contribution is 7.10. The average Bonchev–Trinajstić information content (AvgIpc) is 2.88. The molecule has 0 aliphatic heterocycles. The molecule has 0 saturated carbocycles. The van der Waals surface area contributed by atoms with Crippen molar-refractivity contribution in [3.05, 3.63) is 46.2 Å². The zero-order chi connectivity index (χ0) is 14.0. The van der Waals surface area contributed by atoms with Crippen LogP contribution in [0, 0.1) is 11.6 Å². The van der Waals surface area contributed by atoms with Crippen LogP contribution >= 0.6 is 11.3 Å². The fourth-order valence-corrected chi connectivity index (χ4v) is 2.66. The van der Waals surface area contributed by atoms with E-state index >= 15 is 0 Å². The highest BCUT2D eigenvalue weighted by atomic mass is 32.1. The van der Waals surface area contributed by atoms with E-state index in [1.807, 2.05) is 31.4 Å². The van der Waals surface area contributed by atoms with Crippen molar-refractivity contribution in [3.8, 4) is 0 Å². The molecule has 2 aromatic rings. The quantitative estimate of drug-likeness (QED) is 0.832. The van der Waals surface area contributed by atoms with E-state index in [2.05, 4.69) is 5.32 Å². The first-order valence-electron chi connectivity index (χ1n) is 5.93. The molecule has 0 saturated heterocycles. The van der Waals surface area contributed by atoms with Crippen molar-refractivity contribution < 1.29 is 8.78 Å².